The summed E-state index contributed by atoms with van der Waals surface area (Å²) >= 11 is 1.16. The molecule has 1 heterocycles. The van der Waals surface area contributed by atoms with E-state index in [-0.39, 0.29) is 17.3 Å². The molecule has 0 saturated carbocycles. The zero-order valence-electron chi connectivity index (χ0n) is 15.7. The number of aromatic nitrogens is 1. The van der Waals surface area contributed by atoms with Gasteiger partial charge in [-0.3, -0.25) is 10.1 Å². The van der Waals surface area contributed by atoms with E-state index in [0.29, 0.717) is 16.4 Å². The number of nitrogens with zero attached hydrogens (tertiary/aromatic N) is 2. The number of esters is 1. The Morgan fingerprint density at radius 2 is 1.81 bits per heavy atom. The van der Waals surface area contributed by atoms with Crippen LogP contribution in [0.3, 0.4) is 0 Å². The van der Waals surface area contributed by atoms with Crippen LogP contribution >= 0.6 is 11.3 Å². The number of rotatable bonds is 6. The van der Waals surface area contributed by atoms with Gasteiger partial charge in [0.05, 0.1) is 7.11 Å². The second kappa shape index (κ2) is 8.63. The van der Waals surface area contributed by atoms with E-state index >= 15 is 0 Å². The lowest BCUT2D eigenvalue weighted by Gasteiger charge is -2.19. The summed E-state index contributed by atoms with van der Waals surface area (Å²) < 4.78 is 10.4. The molecular formula is C18H21N3O5S. The Bertz CT molecular complexity index is 837. The van der Waals surface area contributed by atoms with Crippen molar-refractivity contribution < 1.29 is 23.9 Å². The van der Waals surface area contributed by atoms with Gasteiger partial charge in [-0.2, -0.15) is 0 Å². The summed E-state index contributed by atoms with van der Waals surface area (Å²) in [7, 11) is 2.87. The van der Waals surface area contributed by atoms with Crippen LogP contribution in [0, 0.1) is 0 Å². The summed E-state index contributed by atoms with van der Waals surface area (Å²) in [6, 6.07) is 6.66. The summed E-state index contributed by atoms with van der Waals surface area (Å²) in [5.41, 5.74) is -0.0623. The van der Waals surface area contributed by atoms with Crippen LogP contribution in [-0.2, 0) is 14.4 Å². The van der Waals surface area contributed by atoms with Crippen LogP contribution in [0.5, 0.6) is 5.75 Å². The van der Waals surface area contributed by atoms with E-state index in [9.17, 15) is 9.59 Å². The number of anilines is 1. The first kappa shape index (κ1) is 20.4. The Balaban J connectivity index is 2.14. The minimum Gasteiger partial charge on any atom is -0.497 e. The third kappa shape index (κ3) is 5.78. The highest BCUT2D eigenvalue weighted by Crippen LogP contribution is 2.20. The second-order valence-electron chi connectivity index (χ2n) is 6.34. The average Bonchev–Trinajstić information content (AvgIpc) is 3.06. The molecule has 0 aliphatic carbocycles. The number of carbonyl (C=O) groups is 2. The summed E-state index contributed by atoms with van der Waals surface area (Å²) in [5.74, 6) is -0.343. The van der Waals surface area contributed by atoms with Gasteiger partial charge in [-0.25, -0.2) is 9.78 Å². The number of thiazole rings is 1. The molecule has 0 aliphatic heterocycles. The minimum atomic E-state index is -0.687. The fraction of sp³-hybridized carbons (Fsp3) is 0.333. The van der Waals surface area contributed by atoms with Crippen molar-refractivity contribution in [2.24, 2.45) is 5.16 Å². The molecule has 0 aliphatic rings. The summed E-state index contributed by atoms with van der Waals surface area (Å²) in [5, 5.41) is 8.29. The van der Waals surface area contributed by atoms with Crippen LogP contribution in [0.2, 0.25) is 0 Å². The van der Waals surface area contributed by atoms with Crippen molar-refractivity contribution in [1.82, 2.24) is 4.98 Å². The van der Waals surface area contributed by atoms with Gasteiger partial charge >= 0.3 is 5.97 Å². The first-order chi connectivity index (χ1) is 12.7. The molecule has 27 heavy (non-hydrogen) atoms. The standard InChI is InChI=1S/C18H21N3O5S/c1-18(2,3)26-16(23)14(21-25-5)13-10-27-17(19-13)20-15(22)11-6-8-12(24-4)9-7-11/h6-10H,1-5H3,(H,19,20,22). The number of methoxy groups -OCH3 is 1. The van der Waals surface area contributed by atoms with Gasteiger partial charge < -0.3 is 14.3 Å². The first-order valence-electron chi connectivity index (χ1n) is 7.99. The summed E-state index contributed by atoms with van der Waals surface area (Å²) in [6.45, 7) is 5.24. The zero-order chi connectivity index (χ0) is 20.0. The van der Waals surface area contributed by atoms with Crippen molar-refractivity contribution in [3.05, 3.63) is 40.9 Å². The number of hydrogen-bond acceptors (Lipinski definition) is 8. The zero-order valence-corrected chi connectivity index (χ0v) is 16.5. The molecule has 0 fully saturated rings. The molecule has 1 N–H and O–H groups in total. The van der Waals surface area contributed by atoms with Crippen LogP contribution < -0.4 is 10.1 Å². The smallest absolute Gasteiger partial charge is 0.363 e. The van der Waals surface area contributed by atoms with E-state index in [1.807, 2.05) is 0 Å². The van der Waals surface area contributed by atoms with E-state index in [1.54, 1.807) is 57.5 Å². The van der Waals surface area contributed by atoms with Gasteiger partial charge in [0, 0.05) is 10.9 Å². The normalized spacial score (nSPS) is 11.7. The molecule has 0 atom stereocenters. The van der Waals surface area contributed by atoms with Gasteiger partial charge in [-0.15, -0.1) is 11.3 Å². The monoisotopic (exact) mass is 391 g/mol. The van der Waals surface area contributed by atoms with Crippen molar-refractivity contribution in [2.75, 3.05) is 19.5 Å². The average molecular weight is 391 g/mol. The van der Waals surface area contributed by atoms with Crippen molar-refractivity contribution in [1.29, 1.82) is 0 Å². The predicted molar refractivity (Wildman–Crippen MR) is 102 cm³/mol. The molecule has 1 amide bonds. The maximum atomic E-state index is 12.3. The third-order valence-electron chi connectivity index (χ3n) is 3.09. The van der Waals surface area contributed by atoms with Crippen LogP contribution in [0.1, 0.15) is 36.8 Å². The number of amides is 1. The molecule has 0 unspecified atom stereocenters. The molecule has 0 saturated heterocycles. The van der Waals surface area contributed by atoms with E-state index < -0.39 is 11.6 Å². The highest BCUT2D eigenvalue weighted by Gasteiger charge is 2.25. The quantitative estimate of drug-likeness (QED) is 0.461. The van der Waals surface area contributed by atoms with Gasteiger partial charge in [-0.1, -0.05) is 5.16 Å². The summed E-state index contributed by atoms with van der Waals surface area (Å²) in [6.07, 6.45) is 0. The lowest BCUT2D eigenvalue weighted by molar-refractivity contribution is -0.146. The summed E-state index contributed by atoms with van der Waals surface area (Å²) in [4.78, 5) is 33.6. The Hall–Kier alpha value is -2.94. The fourth-order valence-electron chi connectivity index (χ4n) is 1.96. The molecule has 0 bridgehead atoms. The molecular weight excluding hydrogens is 370 g/mol. The van der Waals surface area contributed by atoms with E-state index in [1.165, 1.54) is 7.11 Å². The lowest BCUT2D eigenvalue weighted by Crippen LogP contribution is -2.29. The van der Waals surface area contributed by atoms with Gasteiger partial charge in [0.2, 0.25) is 5.71 Å². The maximum absolute atomic E-state index is 12.3. The Kier molecular flexibility index (Phi) is 6.51. The van der Waals surface area contributed by atoms with Crippen LogP contribution in [0.15, 0.2) is 34.8 Å². The molecule has 0 spiro atoms. The number of oxime groups is 1. The number of ether oxygens (including phenoxy) is 2. The maximum Gasteiger partial charge on any atom is 0.363 e. The van der Waals surface area contributed by atoms with E-state index in [4.69, 9.17) is 14.3 Å². The van der Waals surface area contributed by atoms with Gasteiger partial charge in [0.1, 0.15) is 24.2 Å². The van der Waals surface area contributed by atoms with Gasteiger partial charge in [0.15, 0.2) is 5.13 Å². The van der Waals surface area contributed by atoms with Crippen LogP contribution in [0.25, 0.3) is 0 Å². The van der Waals surface area contributed by atoms with Crippen molar-refractivity contribution in [2.45, 2.75) is 26.4 Å². The topological polar surface area (TPSA) is 99.1 Å². The SMILES string of the molecule is CON=C(C(=O)OC(C)(C)C)c1csc(NC(=O)c2ccc(OC)cc2)n1. The minimum absolute atomic E-state index is 0.0754. The van der Waals surface area contributed by atoms with E-state index in [2.05, 4.69) is 15.5 Å². The first-order valence-corrected chi connectivity index (χ1v) is 8.87. The second-order valence-corrected chi connectivity index (χ2v) is 7.20. The number of benzene rings is 1. The highest BCUT2D eigenvalue weighted by atomic mass is 32.1. The Morgan fingerprint density at radius 3 is 2.37 bits per heavy atom. The number of nitrogens with one attached hydrogen (secondary N) is 1. The third-order valence-corrected chi connectivity index (χ3v) is 3.85. The van der Waals surface area contributed by atoms with Gasteiger partial charge in [0.25, 0.3) is 5.91 Å². The molecule has 2 aromatic rings. The van der Waals surface area contributed by atoms with Crippen molar-refractivity contribution >= 4 is 34.1 Å². The Labute approximate surface area is 161 Å². The van der Waals surface area contributed by atoms with E-state index in [0.717, 1.165) is 11.3 Å². The molecule has 144 valence electrons. The molecule has 9 heteroatoms. The van der Waals surface area contributed by atoms with Crippen molar-refractivity contribution in [3.63, 3.8) is 0 Å². The van der Waals surface area contributed by atoms with Crippen LogP contribution in [-0.4, -0.2) is 42.4 Å². The highest BCUT2D eigenvalue weighted by molar-refractivity contribution is 7.14. The lowest BCUT2D eigenvalue weighted by atomic mass is 10.2. The number of carbonyl (C=O) groups excluding carboxylic acids is 2. The predicted octanol–water partition coefficient (Wildman–Crippen LogP) is 3.10. The largest absolute Gasteiger partial charge is 0.497 e. The molecule has 0 radical (unpaired) electrons. The number of hydrogen-bond donors (Lipinski definition) is 1. The molecule has 1 aromatic carbocycles. The fourth-order valence-corrected chi connectivity index (χ4v) is 2.65. The molecule has 2 rings (SSSR count). The van der Waals surface area contributed by atoms with Crippen LogP contribution in [0.4, 0.5) is 5.13 Å². The molecule has 1 aromatic heterocycles. The Morgan fingerprint density at radius 1 is 1.15 bits per heavy atom. The van der Waals surface area contributed by atoms with Crippen molar-refractivity contribution in [3.8, 4) is 5.75 Å². The van der Waals surface area contributed by atoms with Gasteiger partial charge in [-0.05, 0) is 45.0 Å². The molecule has 8 nitrogen and oxygen atoms in total.